The Labute approximate surface area is 123 Å². The number of alkyl halides is 1. The molecule has 18 heavy (non-hydrogen) atoms. The van der Waals surface area contributed by atoms with Crippen molar-refractivity contribution in [2.75, 3.05) is 18.4 Å². The first-order chi connectivity index (χ1) is 8.61. The number of nitrogens with zero attached hydrogens (tertiary/aromatic N) is 1. The number of rotatable bonds is 2. The van der Waals surface area contributed by atoms with Gasteiger partial charge >= 0.3 is 0 Å². The normalized spacial score (nSPS) is 16.9. The van der Waals surface area contributed by atoms with E-state index in [1.807, 2.05) is 4.90 Å². The molecule has 1 saturated heterocycles. The summed E-state index contributed by atoms with van der Waals surface area (Å²) in [6.07, 6.45) is 2.05. The Morgan fingerprint density at radius 3 is 2.61 bits per heavy atom. The first-order valence-corrected chi connectivity index (χ1v) is 7.83. The van der Waals surface area contributed by atoms with Crippen LogP contribution in [0.5, 0.6) is 0 Å². The van der Waals surface area contributed by atoms with E-state index in [1.165, 1.54) is 6.07 Å². The SMILES string of the molecule is O=C(c1ccc(F)c(Br)c1)N1CCC(CBr)CC1. The van der Waals surface area contributed by atoms with Crippen molar-refractivity contribution in [3.8, 4) is 0 Å². The van der Waals surface area contributed by atoms with Gasteiger partial charge in [-0.15, -0.1) is 0 Å². The van der Waals surface area contributed by atoms with Crippen LogP contribution in [0.3, 0.4) is 0 Å². The minimum atomic E-state index is -0.343. The van der Waals surface area contributed by atoms with E-state index in [0.29, 0.717) is 16.0 Å². The summed E-state index contributed by atoms with van der Waals surface area (Å²) in [5, 5.41) is 0.997. The second-order valence-corrected chi connectivity index (χ2v) is 6.02. The van der Waals surface area contributed by atoms with Crippen LogP contribution in [0.1, 0.15) is 23.2 Å². The summed E-state index contributed by atoms with van der Waals surface area (Å²) in [4.78, 5) is 14.1. The third kappa shape index (κ3) is 3.12. The molecule has 0 aliphatic carbocycles. The highest BCUT2D eigenvalue weighted by Gasteiger charge is 2.23. The number of piperidine rings is 1. The second-order valence-electron chi connectivity index (χ2n) is 4.52. The lowest BCUT2D eigenvalue weighted by Gasteiger charge is -2.31. The van der Waals surface area contributed by atoms with Crippen molar-refractivity contribution in [2.45, 2.75) is 12.8 Å². The van der Waals surface area contributed by atoms with Crippen LogP contribution in [0.25, 0.3) is 0 Å². The maximum atomic E-state index is 13.1. The molecule has 0 radical (unpaired) electrons. The highest BCUT2D eigenvalue weighted by molar-refractivity contribution is 9.10. The Kier molecular flexibility index (Phi) is 4.78. The molecule has 2 nitrogen and oxygen atoms in total. The zero-order valence-electron chi connectivity index (χ0n) is 9.83. The van der Waals surface area contributed by atoms with Gasteiger partial charge in [-0.05, 0) is 52.9 Å². The van der Waals surface area contributed by atoms with Gasteiger partial charge in [-0.1, -0.05) is 15.9 Å². The summed E-state index contributed by atoms with van der Waals surface area (Å²) >= 11 is 6.59. The summed E-state index contributed by atoms with van der Waals surface area (Å²) in [6, 6.07) is 4.41. The quantitative estimate of drug-likeness (QED) is 0.716. The van der Waals surface area contributed by atoms with Crippen LogP contribution >= 0.6 is 31.9 Å². The van der Waals surface area contributed by atoms with Gasteiger partial charge in [0.15, 0.2) is 0 Å². The van der Waals surface area contributed by atoms with Gasteiger partial charge in [0.2, 0.25) is 0 Å². The average molecular weight is 379 g/mol. The van der Waals surface area contributed by atoms with Crippen LogP contribution in [0.4, 0.5) is 4.39 Å². The predicted octanol–water partition coefficient (Wildman–Crippen LogP) is 3.84. The van der Waals surface area contributed by atoms with Gasteiger partial charge in [0.05, 0.1) is 4.47 Å². The van der Waals surface area contributed by atoms with E-state index in [1.54, 1.807) is 12.1 Å². The molecule has 2 rings (SSSR count). The zero-order valence-corrected chi connectivity index (χ0v) is 13.0. The molecule has 0 bridgehead atoms. The third-order valence-corrected chi connectivity index (χ3v) is 4.81. The molecule has 0 spiro atoms. The summed E-state index contributed by atoms with van der Waals surface area (Å²) in [6.45, 7) is 1.56. The van der Waals surface area contributed by atoms with E-state index >= 15 is 0 Å². The molecule has 1 aliphatic heterocycles. The van der Waals surface area contributed by atoms with E-state index in [4.69, 9.17) is 0 Å². The van der Waals surface area contributed by atoms with Gasteiger partial charge in [0.25, 0.3) is 5.91 Å². The minimum Gasteiger partial charge on any atom is -0.339 e. The van der Waals surface area contributed by atoms with Crippen molar-refractivity contribution in [1.82, 2.24) is 4.90 Å². The standard InChI is InChI=1S/C13H14Br2FNO/c14-8-9-3-5-17(6-4-9)13(18)10-1-2-12(16)11(15)7-10/h1-2,7,9H,3-6,8H2. The van der Waals surface area contributed by atoms with Gasteiger partial charge in [-0.3, -0.25) is 4.79 Å². The minimum absolute atomic E-state index is 0.0104. The van der Waals surface area contributed by atoms with Crippen molar-refractivity contribution >= 4 is 37.8 Å². The number of hydrogen-bond donors (Lipinski definition) is 0. The second kappa shape index (κ2) is 6.15. The molecule has 0 atom stereocenters. The predicted molar refractivity (Wildman–Crippen MR) is 76.5 cm³/mol. The number of amides is 1. The Hall–Kier alpha value is -0.420. The Bertz CT molecular complexity index is 445. The molecule has 1 aromatic carbocycles. The lowest BCUT2D eigenvalue weighted by atomic mass is 9.98. The molecule has 5 heteroatoms. The summed E-state index contributed by atoms with van der Waals surface area (Å²) in [7, 11) is 0. The van der Waals surface area contributed by atoms with E-state index in [-0.39, 0.29) is 11.7 Å². The van der Waals surface area contributed by atoms with E-state index in [9.17, 15) is 9.18 Å². The van der Waals surface area contributed by atoms with Gasteiger partial charge in [-0.2, -0.15) is 0 Å². The smallest absolute Gasteiger partial charge is 0.253 e. The first-order valence-electron chi connectivity index (χ1n) is 5.92. The van der Waals surface area contributed by atoms with E-state index in [2.05, 4.69) is 31.9 Å². The maximum absolute atomic E-state index is 13.1. The molecule has 0 unspecified atom stereocenters. The van der Waals surface area contributed by atoms with E-state index < -0.39 is 0 Å². The Morgan fingerprint density at radius 1 is 1.39 bits per heavy atom. The molecule has 98 valence electrons. The fourth-order valence-corrected chi connectivity index (χ4v) is 3.13. The number of likely N-dealkylation sites (tertiary alicyclic amines) is 1. The summed E-state index contributed by atoms with van der Waals surface area (Å²) < 4.78 is 13.5. The Morgan fingerprint density at radius 2 is 2.06 bits per heavy atom. The fourth-order valence-electron chi connectivity index (χ4n) is 2.10. The van der Waals surface area contributed by atoms with Crippen molar-refractivity contribution in [3.63, 3.8) is 0 Å². The first kappa shape index (κ1) is 14.0. The lowest BCUT2D eigenvalue weighted by molar-refractivity contribution is 0.0699. The topological polar surface area (TPSA) is 20.3 Å². The van der Waals surface area contributed by atoms with Crippen molar-refractivity contribution in [2.24, 2.45) is 5.92 Å². The number of carbonyl (C=O) groups is 1. The highest BCUT2D eigenvalue weighted by atomic mass is 79.9. The van der Waals surface area contributed by atoms with Crippen LogP contribution in [0.2, 0.25) is 0 Å². The van der Waals surface area contributed by atoms with Gasteiger partial charge in [0.1, 0.15) is 5.82 Å². The molecule has 1 heterocycles. The molecule has 0 N–H and O–H groups in total. The van der Waals surface area contributed by atoms with Gasteiger partial charge < -0.3 is 4.90 Å². The average Bonchev–Trinajstić information content (AvgIpc) is 2.41. The van der Waals surface area contributed by atoms with Crippen molar-refractivity contribution in [3.05, 3.63) is 34.1 Å². The van der Waals surface area contributed by atoms with Gasteiger partial charge in [0, 0.05) is 24.0 Å². The molecule has 1 aromatic rings. The summed E-state index contributed by atoms with van der Waals surface area (Å²) in [5.41, 5.74) is 0.542. The molecule has 1 aliphatic rings. The van der Waals surface area contributed by atoms with Crippen LogP contribution < -0.4 is 0 Å². The zero-order chi connectivity index (χ0) is 13.1. The highest BCUT2D eigenvalue weighted by Crippen LogP contribution is 2.22. The van der Waals surface area contributed by atoms with Gasteiger partial charge in [-0.25, -0.2) is 4.39 Å². The van der Waals surface area contributed by atoms with Crippen LogP contribution in [0.15, 0.2) is 22.7 Å². The number of halogens is 3. The van der Waals surface area contributed by atoms with Crippen LogP contribution in [0, 0.1) is 11.7 Å². The molecule has 1 amide bonds. The lowest BCUT2D eigenvalue weighted by Crippen LogP contribution is -2.38. The molecule has 0 saturated carbocycles. The molecular weight excluding hydrogens is 365 g/mol. The Balaban J connectivity index is 2.05. The largest absolute Gasteiger partial charge is 0.339 e. The summed E-state index contributed by atoms with van der Waals surface area (Å²) in [5.74, 6) is 0.308. The number of carbonyl (C=O) groups excluding carboxylic acids is 1. The maximum Gasteiger partial charge on any atom is 0.253 e. The van der Waals surface area contributed by atoms with Crippen molar-refractivity contribution < 1.29 is 9.18 Å². The third-order valence-electron chi connectivity index (χ3n) is 3.29. The number of benzene rings is 1. The molecular formula is C13H14Br2FNO. The van der Waals surface area contributed by atoms with Crippen LogP contribution in [-0.4, -0.2) is 29.2 Å². The van der Waals surface area contributed by atoms with Crippen LogP contribution in [-0.2, 0) is 0 Å². The van der Waals surface area contributed by atoms with E-state index in [0.717, 1.165) is 31.3 Å². The fraction of sp³-hybridized carbons (Fsp3) is 0.462. The monoisotopic (exact) mass is 377 g/mol. The molecule has 0 aromatic heterocycles. The number of hydrogen-bond acceptors (Lipinski definition) is 1. The molecule has 1 fully saturated rings. The van der Waals surface area contributed by atoms with Crippen molar-refractivity contribution in [1.29, 1.82) is 0 Å².